The summed E-state index contributed by atoms with van der Waals surface area (Å²) in [5.74, 6) is 0. The van der Waals surface area contributed by atoms with Crippen LogP contribution >= 0.6 is 0 Å². The predicted molar refractivity (Wildman–Crippen MR) is 76.6 cm³/mol. The second-order valence-corrected chi connectivity index (χ2v) is 5.51. The summed E-state index contributed by atoms with van der Waals surface area (Å²) in [6.07, 6.45) is 0.921. The Balaban J connectivity index is 2.04. The van der Waals surface area contributed by atoms with Gasteiger partial charge in [-0.25, -0.2) is 4.98 Å². The van der Waals surface area contributed by atoms with Crippen LogP contribution in [0.2, 0.25) is 0 Å². The van der Waals surface area contributed by atoms with Crippen LogP contribution in [-0.4, -0.2) is 51.3 Å². The average Bonchev–Trinajstić information content (AvgIpc) is 2.95. The van der Waals surface area contributed by atoms with Crippen molar-refractivity contribution in [2.75, 3.05) is 19.5 Å². The fourth-order valence-electron chi connectivity index (χ4n) is 2.81. The second kappa shape index (κ2) is 4.96. The number of hydrogen-bond donors (Lipinski definition) is 3. The molecule has 7 nitrogen and oxygen atoms in total. The molecule has 0 radical (unpaired) electrons. The molecule has 0 aromatic carbocycles. The SMILES string of the molecule is COC[C@H]1O[C@@H](n2ccc3c(N)ccnc32)[C@](C)(O)[C@@H]1O. The van der Waals surface area contributed by atoms with Crippen molar-refractivity contribution in [2.45, 2.75) is 31.0 Å². The van der Waals surface area contributed by atoms with Gasteiger partial charge in [-0.05, 0) is 19.1 Å². The van der Waals surface area contributed by atoms with Crippen LogP contribution in [0.15, 0.2) is 24.5 Å². The fraction of sp³-hybridized carbons (Fsp3) is 0.500. The van der Waals surface area contributed by atoms with E-state index in [1.165, 1.54) is 14.0 Å². The summed E-state index contributed by atoms with van der Waals surface area (Å²) in [7, 11) is 1.52. The van der Waals surface area contributed by atoms with Gasteiger partial charge < -0.3 is 30.0 Å². The summed E-state index contributed by atoms with van der Waals surface area (Å²) >= 11 is 0. The summed E-state index contributed by atoms with van der Waals surface area (Å²) in [6.45, 7) is 1.73. The molecule has 0 amide bonds. The number of pyridine rings is 1. The second-order valence-electron chi connectivity index (χ2n) is 5.51. The number of aliphatic hydroxyl groups is 2. The Morgan fingerprint density at radius 1 is 1.52 bits per heavy atom. The molecule has 1 saturated heterocycles. The van der Waals surface area contributed by atoms with Crippen LogP contribution < -0.4 is 5.73 Å². The summed E-state index contributed by atoms with van der Waals surface area (Å²) in [5.41, 5.74) is 5.66. The molecule has 0 unspecified atom stereocenters. The van der Waals surface area contributed by atoms with E-state index in [9.17, 15) is 10.2 Å². The Morgan fingerprint density at radius 2 is 2.29 bits per heavy atom. The van der Waals surface area contributed by atoms with E-state index < -0.39 is 24.0 Å². The molecule has 0 spiro atoms. The van der Waals surface area contributed by atoms with Crippen molar-refractivity contribution in [1.29, 1.82) is 0 Å². The normalized spacial score (nSPS) is 32.9. The molecule has 2 aromatic heterocycles. The Morgan fingerprint density at radius 3 is 3.00 bits per heavy atom. The maximum atomic E-state index is 10.6. The van der Waals surface area contributed by atoms with Gasteiger partial charge in [0.05, 0.1) is 6.61 Å². The highest BCUT2D eigenvalue weighted by molar-refractivity contribution is 5.88. The highest BCUT2D eigenvalue weighted by Crippen LogP contribution is 2.40. The van der Waals surface area contributed by atoms with Gasteiger partial charge in [-0.1, -0.05) is 0 Å². The van der Waals surface area contributed by atoms with Gasteiger partial charge in [0.15, 0.2) is 6.23 Å². The standard InChI is InChI=1S/C14H19N3O4/c1-14(19)11(18)10(7-20-2)21-13(14)17-6-4-8-9(15)3-5-16-12(8)17/h3-6,10-11,13,18-19H,7H2,1-2H3,(H2,15,16)/t10-,11-,13-,14-/m1/s1. The first-order valence-electron chi connectivity index (χ1n) is 6.72. The van der Waals surface area contributed by atoms with Crippen molar-refractivity contribution in [1.82, 2.24) is 9.55 Å². The van der Waals surface area contributed by atoms with E-state index in [1.54, 1.807) is 23.0 Å². The average molecular weight is 293 g/mol. The van der Waals surface area contributed by atoms with Gasteiger partial charge in [0.2, 0.25) is 0 Å². The van der Waals surface area contributed by atoms with Gasteiger partial charge in [0.25, 0.3) is 0 Å². The van der Waals surface area contributed by atoms with Crippen molar-refractivity contribution >= 4 is 16.7 Å². The molecule has 1 fully saturated rings. The molecule has 0 aliphatic carbocycles. The molecule has 21 heavy (non-hydrogen) atoms. The number of ether oxygens (including phenoxy) is 2. The van der Waals surface area contributed by atoms with Gasteiger partial charge in [-0.3, -0.25) is 0 Å². The number of anilines is 1. The molecule has 1 aliphatic rings. The fourth-order valence-corrected chi connectivity index (χ4v) is 2.81. The molecule has 4 N–H and O–H groups in total. The van der Waals surface area contributed by atoms with Gasteiger partial charge in [-0.15, -0.1) is 0 Å². The van der Waals surface area contributed by atoms with Crippen LogP contribution in [0.3, 0.4) is 0 Å². The number of hydrogen-bond acceptors (Lipinski definition) is 6. The molecular weight excluding hydrogens is 274 g/mol. The molecule has 7 heteroatoms. The van der Waals surface area contributed by atoms with Crippen LogP contribution in [0.4, 0.5) is 5.69 Å². The van der Waals surface area contributed by atoms with Crippen LogP contribution in [0.1, 0.15) is 13.2 Å². The predicted octanol–water partition coefficient (Wildman–Crippen LogP) is 0.274. The molecule has 1 aliphatic heterocycles. The summed E-state index contributed by atoms with van der Waals surface area (Å²) < 4.78 is 12.5. The number of rotatable bonds is 3. The molecule has 2 aromatic rings. The Hall–Kier alpha value is -1.67. The Kier molecular flexibility index (Phi) is 3.37. The third-order valence-electron chi connectivity index (χ3n) is 3.99. The molecular formula is C14H19N3O4. The summed E-state index contributed by atoms with van der Waals surface area (Å²) in [5, 5.41) is 21.6. The largest absolute Gasteiger partial charge is 0.398 e. The van der Waals surface area contributed by atoms with E-state index in [4.69, 9.17) is 15.2 Å². The summed E-state index contributed by atoms with van der Waals surface area (Å²) in [6, 6.07) is 3.52. The number of fused-ring (bicyclic) bond motifs is 1. The number of nitrogen functional groups attached to an aromatic ring is 1. The first-order chi connectivity index (χ1) is 9.96. The molecule has 0 bridgehead atoms. The van der Waals surface area contributed by atoms with E-state index in [2.05, 4.69) is 4.98 Å². The smallest absolute Gasteiger partial charge is 0.167 e. The van der Waals surface area contributed by atoms with E-state index in [0.29, 0.717) is 11.3 Å². The van der Waals surface area contributed by atoms with Crippen molar-refractivity contribution in [3.8, 4) is 0 Å². The monoisotopic (exact) mass is 293 g/mol. The third-order valence-corrected chi connectivity index (χ3v) is 3.99. The molecule has 4 atom stereocenters. The van der Waals surface area contributed by atoms with Crippen LogP contribution in [0, 0.1) is 0 Å². The number of methoxy groups -OCH3 is 1. The molecule has 3 rings (SSSR count). The van der Waals surface area contributed by atoms with E-state index in [1.807, 2.05) is 6.07 Å². The lowest BCUT2D eigenvalue weighted by Gasteiger charge is -2.27. The zero-order valence-corrected chi connectivity index (χ0v) is 11.9. The van der Waals surface area contributed by atoms with Crippen LogP contribution in [-0.2, 0) is 9.47 Å². The Bertz CT molecular complexity index is 655. The van der Waals surface area contributed by atoms with Crippen LogP contribution in [0.25, 0.3) is 11.0 Å². The third kappa shape index (κ3) is 2.09. The lowest BCUT2D eigenvalue weighted by atomic mass is 9.96. The minimum absolute atomic E-state index is 0.197. The number of aromatic nitrogens is 2. The molecule has 0 saturated carbocycles. The minimum Gasteiger partial charge on any atom is -0.398 e. The molecule has 3 heterocycles. The van der Waals surface area contributed by atoms with Gasteiger partial charge >= 0.3 is 0 Å². The minimum atomic E-state index is -1.46. The maximum Gasteiger partial charge on any atom is 0.167 e. The quantitative estimate of drug-likeness (QED) is 0.751. The Labute approximate surface area is 121 Å². The first-order valence-corrected chi connectivity index (χ1v) is 6.72. The van der Waals surface area contributed by atoms with E-state index in [-0.39, 0.29) is 6.61 Å². The molecule has 114 valence electrons. The highest BCUT2D eigenvalue weighted by Gasteiger charge is 2.53. The number of aliphatic hydroxyl groups excluding tert-OH is 1. The highest BCUT2D eigenvalue weighted by atomic mass is 16.6. The van der Waals surface area contributed by atoms with E-state index in [0.717, 1.165) is 5.39 Å². The topological polar surface area (TPSA) is 103 Å². The lowest BCUT2D eigenvalue weighted by Crippen LogP contribution is -2.44. The zero-order valence-electron chi connectivity index (χ0n) is 11.9. The first kappa shape index (κ1) is 14.3. The number of nitrogens with zero attached hydrogens (tertiary/aromatic N) is 2. The lowest BCUT2D eigenvalue weighted by molar-refractivity contribution is -0.0953. The van der Waals surface area contributed by atoms with Crippen molar-refractivity contribution < 1.29 is 19.7 Å². The number of nitrogens with two attached hydrogens (primary N) is 1. The zero-order chi connectivity index (χ0) is 15.2. The maximum absolute atomic E-state index is 10.6. The van der Waals surface area contributed by atoms with Crippen molar-refractivity contribution in [2.24, 2.45) is 0 Å². The summed E-state index contributed by atoms with van der Waals surface area (Å²) in [4.78, 5) is 4.29. The van der Waals surface area contributed by atoms with Crippen molar-refractivity contribution in [3.05, 3.63) is 24.5 Å². The van der Waals surface area contributed by atoms with Gasteiger partial charge in [-0.2, -0.15) is 0 Å². The van der Waals surface area contributed by atoms with Crippen molar-refractivity contribution in [3.63, 3.8) is 0 Å². The van der Waals surface area contributed by atoms with Gasteiger partial charge in [0, 0.05) is 30.6 Å². The van der Waals surface area contributed by atoms with E-state index >= 15 is 0 Å². The van der Waals surface area contributed by atoms with Crippen LogP contribution in [0.5, 0.6) is 0 Å². The van der Waals surface area contributed by atoms with Gasteiger partial charge in [0.1, 0.15) is 23.5 Å².